The van der Waals surface area contributed by atoms with E-state index >= 15 is 0 Å². The molecule has 0 radical (unpaired) electrons. The first-order chi connectivity index (χ1) is 12.3. The Morgan fingerprint density at radius 2 is 1.64 bits per heavy atom. The number of benzene rings is 1. The van der Waals surface area contributed by atoms with E-state index in [0.717, 1.165) is 33.5 Å². The molecule has 1 fully saturated rings. The summed E-state index contributed by atoms with van der Waals surface area (Å²) in [5.41, 5.74) is 0.879. The zero-order chi connectivity index (χ0) is 17.5. The normalized spacial score (nSPS) is 15.1. The van der Waals surface area contributed by atoms with Crippen molar-refractivity contribution in [3.05, 3.63) is 74.2 Å². The van der Waals surface area contributed by atoms with Gasteiger partial charge in [-0.2, -0.15) is 0 Å². The fourth-order valence-corrected chi connectivity index (χ4v) is 5.58. The van der Waals surface area contributed by atoms with Gasteiger partial charge in [0, 0.05) is 10.4 Å². The van der Waals surface area contributed by atoms with Gasteiger partial charge in [0.1, 0.15) is 0 Å². The van der Waals surface area contributed by atoms with Crippen LogP contribution in [-0.2, 0) is 4.79 Å². The minimum Gasteiger partial charge on any atom is -0.289 e. The van der Waals surface area contributed by atoms with Crippen LogP contribution in [0.1, 0.15) is 28.1 Å². The van der Waals surface area contributed by atoms with Gasteiger partial charge in [-0.05, 0) is 47.9 Å². The molecule has 0 bridgehead atoms. The third-order valence-electron chi connectivity index (χ3n) is 3.66. The van der Waals surface area contributed by atoms with Crippen LogP contribution in [0.5, 0.6) is 0 Å². The van der Waals surface area contributed by atoms with Gasteiger partial charge in [-0.25, -0.2) is 0 Å². The number of thioether (sulfide) groups is 2. The zero-order valence-electron chi connectivity index (χ0n) is 13.6. The van der Waals surface area contributed by atoms with Crippen molar-refractivity contribution in [1.29, 1.82) is 0 Å². The van der Waals surface area contributed by atoms with E-state index in [1.807, 2.05) is 35.7 Å². The average molecular weight is 387 g/mol. The topological polar surface area (TPSA) is 34.1 Å². The number of ketones is 2. The van der Waals surface area contributed by atoms with E-state index in [0.29, 0.717) is 11.1 Å². The van der Waals surface area contributed by atoms with Gasteiger partial charge in [-0.1, -0.05) is 36.4 Å². The Bertz CT molecular complexity index is 780. The van der Waals surface area contributed by atoms with Crippen molar-refractivity contribution in [3.8, 4) is 0 Å². The maximum Gasteiger partial charge on any atom is 0.198 e. The first-order valence-electron chi connectivity index (χ1n) is 8.11. The van der Waals surface area contributed by atoms with Crippen LogP contribution in [0, 0.1) is 0 Å². The summed E-state index contributed by atoms with van der Waals surface area (Å²) in [6, 6.07) is 13.0. The van der Waals surface area contributed by atoms with Crippen LogP contribution in [0.15, 0.2) is 63.7 Å². The van der Waals surface area contributed by atoms with E-state index in [9.17, 15) is 9.59 Å². The second kappa shape index (κ2) is 9.22. The fourth-order valence-electron chi connectivity index (χ4n) is 2.39. The Morgan fingerprint density at radius 1 is 0.920 bits per heavy atom. The molecule has 0 aliphatic carbocycles. The van der Waals surface area contributed by atoms with Crippen LogP contribution in [0.4, 0.5) is 0 Å². The second-order valence-corrected chi connectivity index (χ2v) is 8.92. The van der Waals surface area contributed by atoms with Crippen LogP contribution in [0.3, 0.4) is 0 Å². The molecular weight excluding hydrogens is 368 g/mol. The number of thiophene rings is 1. The molecule has 1 aliphatic heterocycles. The van der Waals surface area contributed by atoms with Crippen LogP contribution in [-0.4, -0.2) is 23.1 Å². The average Bonchev–Trinajstić information content (AvgIpc) is 3.03. The molecule has 5 heteroatoms. The molecule has 128 valence electrons. The molecular formula is C20H18O2S3. The van der Waals surface area contributed by atoms with Crippen molar-refractivity contribution in [3.63, 3.8) is 0 Å². The fraction of sp³-hybridized carbons (Fsp3) is 0.200. The highest BCUT2D eigenvalue weighted by Gasteiger charge is 2.24. The lowest BCUT2D eigenvalue weighted by Gasteiger charge is -2.10. The molecule has 1 aliphatic rings. The van der Waals surface area contributed by atoms with E-state index in [1.54, 1.807) is 53.1 Å². The highest BCUT2D eigenvalue weighted by atomic mass is 32.2. The van der Waals surface area contributed by atoms with Crippen molar-refractivity contribution in [1.82, 2.24) is 0 Å². The lowest BCUT2D eigenvalue weighted by Crippen LogP contribution is -2.13. The van der Waals surface area contributed by atoms with Crippen LogP contribution in [0.2, 0.25) is 0 Å². The number of allylic oxidation sites excluding steroid dienone is 2. The van der Waals surface area contributed by atoms with Gasteiger partial charge >= 0.3 is 0 Å². The Labute approximate surface area is 160 Å². The van der Waals surface area contributed by atoms with E-state index in [2.05, 4.69) is 0 Å². The first-order valence-corrected chi connectivity index (χ1v) is 11.0. The standard InChI is InChI=1S/C20H18O2S3/c21-17(11-10-16-9-6-14-23-16)18(20-24-12-4-5-13-25-20)19(22)15-7-2-1-3-8-15/h1-3,6-11,14H,4-5,12-13H2. The van der Waals surface area contributed by atoms with Crippen LogP contribution in [0.25, 0.3) is 6.08 Å². The third kappa shape index (κ3) is 4.97. The van der Waals surface area contributed by atoms with Gasteiger partial charge in [0.05, 0.1) is 9.81 Å². The van der Waals surface area contributed by atoms with Crippen molar-refractivity contribution >= 4 is 52.5 Å². The summed E-state index contributed by atoms with van der Waals surface area (Å²) < 4.78 is 0.868. The number of hydrogen-bond donors (Lipinski definition) is 0. The van der Waals surface area contributed by atoms with Crippen LogP contribution < -0.4 is 0 Å². The van der Waals surface area contributed by atoms with Crippen molar-refractivity contribution in [2.24, 2.45) is 0 Å². The van der Waals surface area contributed by atoms with E-state index in [4.69, 9.17) is 0 Å². The van der Waals surface area contributed by atoms with E-state index < -0.39 is 0 Å². The summed E-state index contributed by atoms with van der Waals surface area (Å²) in [7, 11) is 0. The molecule has 2 nitrogen and oxygen atoms in total. The minimum absolute atomic E-state index is 0.182. The van der Waals surface area contributed by atoms with Crippen molar-refractivity contribution in [2.75, 3.05) is 11.5 Å². The molecule has 1 saturated heterocycles. The monoisotopic (exact) mass is 386 g/mol. The molecule has 25 heavy (non-hydrogen) atoms. The summed E-state index contributed by atoms with van der Waals surface area (Å²) in [5, 5.41) is 1.97. The molecule has 0 unspecified atom stereocenters. The smallest absolute Gasteiger partial charge is 0.198 e. The number of carbonyl (C=O) groups is 2. The lowest BCUT2D eigenvalue weighted by molar-refractivity contribution is -0.111. The molecule has 0 N–H and O–H groups in total. The van der Waals surface area contributed by atoms with E-state index in [1.165, 1.54) is 6.08 Å². The molecule has 0 atom stereocenters. The Kier molecular flexibility index (Phi) is 6.73. The van der Waals surface area contributed by atoms with E-state index in [-0.39, 0.29) is 11.6 Å². The van der Waals surface area contributed by atoms with Gasteiger partial charge in [0.15, 0.2) is 11.6 Å². The molecule has 2 aromatic rings. The molecule has 0 saturated carbocycles. The summed E-state index contributed by atoms with van der Waals surface area (Å²) >= 11 is 4.84. The molecule has 3 rings (SSSR count). The molecule has 2 heterocycles. The molecule has 1 aromatic carbocycles. The highest BCUT2D eigenvalue weighted by molar-refractivity contribution is 8.22. The quantitative estimate of drug-likeness (QED) is 0.286. The predicted molar refractivity (Wildman–Crippen MR) is 110 cm³/mol. The predicted octanol–water partition coefficient (Wildman–Crippen LogP) is 5.69. The Balaban J connectivity index is 1.95. The molecule has 1 aromatic heterocycles. The maximum absolute atomic E-state index is 13.0. The third-order valence-corrected chi connectivity index (χ3v) is 7.12. The lowest BCUT2D eigenvalue weighted by atomic mass is 10.0. The summed E-state index contributed by atoms with van der Waals surface area (Å²) in [5.74, 6) is 1.52. The number of hydrogen-bond acceptors (Lipinski definition) is 5. The van der Waals surface area contributed by atoms with Gasteiger partial charge in [-0.3, -0.25) is 9.59 Å². The second-order valence-electron chi connectivity index (χ2n) is 5.47. The van der Waals surface area contributed by atoms with Gasteiger partial charge in [0.2, 0.25) is 0 Å². The van der Waals surface area contributed by atoms with Gasteiger partial charge in [0.25, 0.3) is 0 Å². The van der Waals surface area contributed by atoms with Crippen LogP contribution >= 0.6 is 34.9 Å². The minimum atomic E-state index is -0.209. The number of Topliss-reactive ketones (excluding diaryl/α,β-unsaturated/α-hetero) is 1. The highest BCUT2D eigenvalue weighted by Crippen LogP contribution is 2.37. The largest absolute Gasteiger partial charge is 0.289 e. The molecule has 0 spiro atoms. The molecule has 0 amide bonds. The van der Waals surface area contributed by atoms with Crippen molar-refractivity contribution < 1.29 is 9.59 Å². The SMILES string of the molecule is O=C(C=Cc1cccs1)C(C(=O)c1ccccc1)=C1SCCCCS1. The van der Waals surface area contributed by atoms with Crippen molar-refractivity contribution in [2.45, 2.75) is 12.8 Å². The summed E-state index contributed by atoms with van der Waals surface area (Å²) in [6.07, 6.45) is 5.55. The van der Waals surface area contributed by atoms with Gasteiger partial charge < -0.3 is 0 Å². The summed E-state index contributed by atoms with van der Waals surface area (Å²) in [6.45, 7) is 0. The van der Waals surface area contributed by atoms with Gasteiger partial charge in [-0.15, -0.1) is 34.9 Å². The Hall–Kier alpha value is -1.56. The number of rotatable bonds is 5. The maximum atomic E-state index is 13.0. The zero-order valence-corrected chi connectivity index (χ0v) is 16.1. The Morgan fingerprint density at radius 3 is 2.28 bits per heavy atom. The first kappa shape index (κ1) is 18.2. The number of carbonyl (C=O) groups excluding carboxylic acids is 2. The summed E-state index contributed by atoms with van der Waals surface area (Å²) in [4.78, 5) is 26.9.